The summed E-state index contributed by atoms with van der Waals surface area (Å²) in [4.78, 5) is 17.7. The topological polar surface area (TPSA) is 83.0 Å². The van der Waals surface area contributed by atoms with Gasteiger partial charge in [-0.25, -0.2) is 9.97 Å². The van der Waals surface area contributed by atoms with Gasteiger partial charge in [0.25, 0.3) is 0 Å². The van der Waals surface area contributed by atoms with Gasteiger partial charge in [0, 0.05) is 45.1 Å². The summed E-state index contributed by atoms with van der Waals surface area (Å²) in [5, 5.41) is 11.5. The summed E-state index contributed by atoms with van der Waals surface area (Å²) in [5.41, 5.74) is 2.47. The van der Waals surface area contributed by atoms with Crippen LogP contribution >= 0.6 is 0 Å². The van der Waals surface area contributed by atoms with Crippen LogP contribution in [0.2, 0.25) is 0 Å². The van der Waals surface area contributed by atoms with Gasteiger partial charge in [-0.05, 0) is 24.1 Å². The predicted molar refractivity (Wildman–Crippen MR) is 105 cm³/mol. The number of nitrogens with one attached hydrogen (secondary N) is 1. The molecule has 138 valence electrons. The van der Waals surface area contributed by atoms with Gasteiger partial charge in [-0.15, -0.1) is 5.10 Å². The van der Waals surface area contributed by atoms with Gasteiger partial charge in [-0.3, -0.25) is 0 Å². The van der Waals surface area contributed by atoms with Crippen LogP contribution in [0.3, 0.4) is 0 Å². The Kier molecular flexibility index (Phi) is 5.04. The highest BCUT2D eigenvalue weighted by atomic mass is 15.4. The summed E-state index contributed by atoms with van der Waals surface area (Å²) in [7, 11) is 0. The Morgan fingerprint density at radius 3 is 2.48 bits per heavy atom. The molecule has 3 aromatic rings. The number of aromatic nitrogens is 5. The molecule has 0 radical (unpaired) electrons. The van der Waals surface area contributed by atoms with Gasteiger partial charge in [0.1, 0.15) is 0 Å². The number of nitrogens with zero attached hydrogens (tertiary/aromatic N) is 7. The van der Waals surface area contributed by atoms with Gasteiger partial charge >= 0.3 is 0 Å². The zero-order chi connectivity index (χ0) is 18.5. The molecule has 1 N–H and O–H groups in total. The van der Waals surface area contributed by atoms with Crippen molar-refractivity contribution in [1.29, 1.82) is 0 Å². The Hall–Kier alpha value is -3.29. The third-order valence-electron chi connectivity index (χ3n) is 4.68. The Morgan fingerprint density at radius 2 is 1.70 bits per heavy atom. The number of benzene rings is 1. The number of hydrogen-bond acceptors (Lipinski definition) is 8. The molecule has 8 nitrogen and oxygen atoms in total. The lowest BCUT2D eigenvalue weighted by molar-refractivity contribution is 0.632. The van der Waals surface area contributed by atoms with Crippen molar-refractivity contribution in [3.63, 3.8) is 0 Å². The van der Waals surface area contributed by atoms with Crippen molar-refractivity contribution in [2.24, 2.45) is 0 Å². The summed E-state index contributed by atoms with van der Waals surface area (Å²) in [5.74, 6) is 2.16. The van der Waals surface area contributed by atoms with Crippen molar-refractivity contribution in [3.05, 3.63) is 60.0 Å². The van der Waals surface area contributed by atoms with E-state index in [2.05, 4.69) is 59.3 Å². The molecular weight excluding hydrogens is 340 g/mol. The molecule has 0 amide bonds. The smallest absolute Gasteiger partial charge is 0.244 e. The summed E-state index contributed by atoms with van der Waals surface area (Å²) in [6.07, 6.45) is 5.26. The minimum Gasteiger partial charge on any atom is -0.352 e. The van der Waals surface area contributed by atoms with E-state index in [1.807, 2.05) is 18.2 Å². The zero-order valence-electron chi connectivity index (χ0n) is 15.3. The maximum absolute atomic E-state index is 4.63. The van der Waals surface area contributed by atoms with E-state index in [0.29, 0.717) is 12.5 Å². The van der Waals surface area contributed by atoms with Crippen LogP contribution in [-0.2, 0) is 6.54 Å². The van der Waals surface area contributed by atoms with Crippen LogP contribution in [0.15, 0.2) is 48.9 Å². The van der Waals surface area contributed by atoms with Crippen LogP contribution in [0.4, 0.5) is 17.7 Å². The van der Waals surface area contributed by atoms with Crippen LogP contribution in [0.5, 0.6) is 0 Å². The molecule has 27 heavy (non-hydrogen) atoms. The first-order chi connectivity index (χ1) is 13.3. The minimum atomic E-state index is 0.546. The van der Waals surface area contributed by atoms with E-state index in [-0.39, 0.29) is 0 Å². The highest BCUT2D eigenvalue weighted by Crippen LogP contribution is 2.16. The Balaban J connectivity index is 1.37. The van der Waals surface area contributed by atoms with Gasteiger partial charge in [0.15, 0.2) is 5.82 Å². The molecular formula is C19H22N8. The second-order valence-electron chi connectivity index (χ2n) is 6.44. The van der Waals surface area contributed by atoms with Gasteiger partial charge in [0.05, 0.1) is 6.20 Å². The predicted octanol–water partition coefficient (Wildman–Crippen LogP) is 1.91. The molecule has 4 rings (SSSR count). The van der Waals surface area contributed by atoms with Crippen molar-refractivity contribution >= 4 is 17.7 Å². The fraction of sp³-hybridized carbons (Fsp3) is 0.316. The summed E-state index contributed by atoms with van der Waals surface area (Å²) in [6.45, 7) is 6.15. The summed E-state index contributed by atoms with van der Waals surface area (Å²) in [6, 6.07) is 10.1. The second-order valence-corrected chi connectivity index (χ2v) is 6.44. The van der Waals surface area contributed by atoms with Crippen LogP contribution in [0, 0.1) is 6.92 Å². The maximum atomic E-state index is 4.63. The fourth-order valence-electron chi connectivity index (χ4n) is 3.09. The van der Waals surface area contributed by atoms with Crippen molar-refractivity contribution in [1.82, 2.24) is 25.1 Å². The molecule has 0 spiro atoms. The van der Waals surface area contributed by atoms with Gasteiger partial charge < -0.3 is 15.1 Å². The van der Waals surface area contributed by atoms with Crippen LogP contribution in [0.1, 0.15) is 11.1 Å². The van der Waals surface area contributed by atoms with Crippen molar-refractivity contribution in [2.45, 2.75) is 13.5 Å². The van der Waals surface area contributed by atoms with Crippen LogP contribution in [0.25, 0.3) is 0 Å². The average Bonchev–Trinajstić information content (AvgIpc) is 2.74. The molecule has 1 aliphatic rings. The molecule has 2 aromatic heterocycles. The van der Waals surface area contributed by atoms with Crippen molar-refractivity contribution in [3.8, 4) is 0 Å². The molecule has 1 aromatic carbocycles. The third-order valence-corrected chi connectivity index (χ3v) is 4.68. The van der Waals surface area contributed by atoms with Crippen LogP contribution < -0.4 is 15.1 Å². The number of rotatable bonds is 5. The third kappa shape index (κ3) is 4.11. The molecule has 0 bridgehead atoms. The molecule has 8 heteroatoms. The van der Waals surface area contributed by atoms with E-state index in [9.17, 15) is 0 Å². The molecule has 0 atom stereocenters. The zero-order valence-corrected chi connectivity index (χ0v) is 15.3. The maximum Gasteiger partial charge on any atom is 0.244 e. The standard InChI is InChI=1S/C19H22N8/c1-15-5-2-3-6-16(15)13-22-18-24-17(14-23-25-18)26-9-11-27(12-10-26)19-20-7-4-8-21-19/h2-8,14H,9-13H2,1H3,(H,22,24,25). The lowest BCUT2D eigenvalue weighted by Crippen LogP contribution is -2.47. The van der Waals surface area contributed by atoms with E-state index in [1.165, 1.54) is 11.1 Å². The van der Waals surface area contributed by atoms with Crippen molar-refractivity contribution in [2.75, 3.05) is 41.3 Å². The van der Waals surface area contributed by atoms with E-state index in [4.69, 9.17) is 0 Å². The quantitative estimate of drug-likeness (QED) is 0.737. The molecule has 1 fully saturated rings. The SMILES string of the molecule is Cc1ccccc1CNc1nncc(N2CCN(c3ncccn3)CC2)n1. The lowest BCUT2D eigenvalue weighted by Gasteiger charge is -2.35. The number of piperazine rings is 1. The minimum absolute atomic E-state index is 0.546. The second kappa shape index (κ2) is 7.94. The van der Waals surface area contributed by atoms with E-state index in [1.54, 1.807) is 18.6 Å². The number of hydrogen-bond donors (Lipinski definition) is 1. The van der Waals surface area contributed by atoms with Gasteiger partial charge in [0.2, 0.25) is 11.9 Å². The monoisotopic (exact) mass is 362 g/mol. The summed E-state index contributed by atoms with van der Waals surface area (Å²) >= 11 is 0. The van der Waals surface area contributed by atoms with E-state index in [0.717, 1.165) is 37.9 Å². The molecule has 3 heterocycles. The first-order valence-corrected chi connectivity index (χ1v) is 9.04. The largest absolute Gasteiger partial charge is 0.352 e. The van der Waals surface area contributed by atoms with Crippen molar-refractivity contribution < 1.29 is 0 Å². The highest BCUT2D eigenvalue weighted by molar-refractivity contribution is 5.43. The molecule has 1 aliphatic heterocycles. The first kappa shape index (κ1) is 17.1. The van der Waals surface area contributed by atoms with E-state index < -0.39 is 0 Å². The Morgan fingerprint density at radius 1 is 0.963 bits per heavy atom. The van der Waals surface area contributed by atoms with Crippen LogP contribution in [-0.4, -0.2) is 51.3 Å². The lowest BCUT2D eigenvalue weighted by atomic mass is 10.1. The number of aryl methyl sites for hydroxylation is 1. The fourth-order valence-corrected chi connectivity index (χ4v) is 3.09. The molecule has 1 saturated heterocycles. The van der Waals surface area contributed by atoms with Gasteiger partial charge in [-0.1, -0.05) is 24.3 Å². The van der Waals surface area contributed by atoms with Gasteiger partial charge in [-0.2, -0.15) is 10.1 Å². The Bertz CT molecular complexity index is 878. The molecule has 0 saturated carbocycles. The first-order valence-electron chi connectivity index (χ1n) is 9.04. The average molecular weight is 362 g/mol. The van der Waals surface area contributed by atoms with E-state index >= 15 is 0 Å². The summed E-state index contributed by atoms with van der Waals surface area (Å²) < 4.78 is 0. The number of anilines is 3. The molecule has 0 unspecified atom stereocenters. The highest BCUT2D eigenvalue weighted by Gasteiger charge is 2.20. The normalized spacial score (nSPS) is 14.3. The Labute approximate surface area is 158 Å². The molecule has 0 aliphatic carbocycles.